The molecule has 0 radical (unpaired) electrons. The van der Waals surface area contributed by atoms with Gasteiger partial charge >= 0.3 is 17.9 Å². The summed E-state index contributed by atoms with van der Waals surface area (Å²) in [5.41, 5.74) is 0.947. The predicted molar refractivity (Wildman–Crippen MR) is 144 cm³/mol. The van der Waals surface area contributed by atoms with Crippen molar-refractivity contribution >= 4 is 23.7 Å². The molecule has 8 heteroatoms. The Kier molecular flexibility index (Phi) is 7.07. The van der Waals surface area contributed by atoms with Crippen LogP contribution in [0.1, 0.15) is 91.7 Å². The molecular formula is C32H42O8. The number of esters is 3. The highest BCUT2D eigenvalue weighted by molar-refractivity contribution is 5.92. The maximum absolute atomic E-state index is 14.5. The van der Waals surface area contributed by atoms with Gasteiger partial charge in [-0.15, -0.1) is 0 Å². The molecule has 1 saturated heterocycles. The molecule has 1 aromatic rings. The SMILES string of the molecule is CC[C@@H](C)C(=O)O[C@@H]1[C@@H]2CC3=C4CC(=O)O[C@@H](c5ccoc5)[C@]4(C)CC[C@H]3[C@@](C)(C2=O)[C@@H](CC(=O)OC)C1(C)C. The number of methoxy groups -OCH3 is 1. The van der Waals surface area contributed by atoms with Gasteiger partial charge < -0.3 is 18.6 Å². The Labute approximate surface area is 236 Å². The highest BCUT2D eigenvalue weighted by Gasteiger charge is 2.68. The molecule has 2 bridgehead atoms. The van der Waals surface area contributed by atoms with Crippen LogP contribution < -0.4 is 0 Å². The Balaban J connectivity index is 1.67. The smallest absolute Gasteiger partial charge is 0.310 e. The molecule has 0 N–H and O–H groups in total. The molecule has 0 aromatic carbocycles. The van der Waals surface area contributed by atoms with Gasteiger partial charge in [0.05, 0.1) is 37.9 Å². The topological polar surface area (TPSA) is 109 Å². The molecular weight excluding hydrogens is 512 g/mol. The number of hydrogen-bond donors (Lipinski definition) is 0. The third-order valence-corrected chi connectivity index (χ3v) is 11.1. The number of Topliss-reactive ketones (excluding diaryl/α,β-unsaturated/α-hetero) is 1. The van der Waals surface area contributed by atoms with Crippen LogP contribution in [0.3, 0.4) is 0 Å². The van der Waals surface area contributed by atoms with E-state index in [1.165, 1.54) is 7.11 Å². The molecule has 4 aliphatic rings. The molecule has 40 heavy (non-hydrogen) atoms. The summed E-state index contributed by atoms with van der Waals surface area (Å²) in [6, 6.07) is 1.84. The standard InChI is InChI=1S/C32H42O8/c1-8-17(2)29(36)40-28-20-13-19-21(32(6,26(20)35)23(30(28,3)4)15-24(33)37-7)9-11-31(5)22(19)14-25(34)39-27(31)18-10-12-38-16-18/h10,12,16-17,20-21,23,27-28H,8-9,11,13-15H2,1-7H3/t17-,20-,21-,23+,27+,28-,31-,32-/m1/s1. The quantitative estimate of drug-likeness (QED) is 0.248. The minimum atomic E-state index is -0.879. The maximum Gasteiger partial charge on any atom is 0.310 e. The van der Waals surface area contributed by atoms with Gasteiger partial charge in [0.25, 0.3) is 0 Å². The van der Waals surface area contributed by atoms with Gasteiger partial charge in [-0.2, -0.15) is 0 Å². The van der Waals surface area contributed by atoms with Gasteiger partial charge in [0.1, 0.15) is 18.0 Å². The Morgan fingerprint density at radius 3 is 2.52 bits per heavy atom. The molecule has 5 rings (SSSR count). The molecule has 8 nitrogen and oxygen atoms in total. The van der Waals surface area contributed by atoms with E-state index in [4.69, 9.17) is 18.6 Å². The van der Waals surface area contributed by atoms with Crippen molar-refractivity contribution in [1.82, 2.24) is 0 Å². The van der Waals surface area contributed by atoms with Crippen molar-refractivity contribution in [2.24, 2.45) is 39.9 Å². The second kappa shape index (κ2) is 9.88. The number of fused-ring (bicyclic) bond motifs is 5. The van der Waals surface area contributed by atoms with Crippen LogP contribution >= 0.6 is 0 Å². The lowest BCUT2D eigenvalue weighted by Crippen LogP contribution is -2.66. The van der Waals surface area contributed by atoms with Gasteiger partial charge in [0.15, 0.2) is 0 Å². The Bertz CT molecular complexity index is 1240. The monoisotopic (exact) mass is 554 g/mol. The van der Waals surface area contributed by atoms with Gasteiger partial charge in [-0.05, 0) is 49.2 Å². The number of rotatable bonds is 6. The van der Waals surface area contributed by atoms with E-state index < -0.39 is 40.3 Å². The molecule has 0 amide bonds. The van der Waals surface area contributed by atoms with Crippen LogP contribution in [0.25, 0.3) is 0 Å². The first-order valence-electron chi connectivity index (χ1n) is 14.6. The average Bonchev–Trinajstić information content (AvgIpc) is 3.45. The molecule has 2 heterocycles. The minimum Gasteiger partial charge on any atom is -0.472 e. The van der Waals surface area contributed by atoms with E-state index >= 15 is 0 Å². The fourth-order valence-electron chi connectivity index (χ4n) is 8.60. The molecule has 3 fully saturated rings. The number of carbonyl (C=O) groups is 4. The molecule has 0 unspecified atom stereocenters. The number of furan rings is 1. The second-order valence-electron chi connectivity index (χ2n) is 13.4. The normalized spacial score (nSPS) is 37.1. The summed E-state index contributed by atoms with van der Waals surface area (Å²) >= 11 is 0. The predicted octanol–water partition coefficient (Wildman–Crippen LogP) is 5.75. The Hall–Kier alpha value is -2.90. The van der Waals surface area contributed by atoms with Crippen LogP contribution in [-0.4, -0.2) is 36.9 Å². The summed E-state index contributed by atoms with van der Waals surface area (Å²) in [7, 11) is 1.36. The number of cyclic esters (lactones) is 1. The Morgan fingerprint density at radius 1 is 1.18 bits per heavy atom. The highest BCUT2D eigenvalue weighted by atomic mass is 16.6. The summed E-state index contributed by atoms with van der Waals surface area (Å²) in [6.45, 7) is 11.9. The summed E-state index contributed by atoms with van der Waals surface area (Å²) in [4.78, 5) is 53.4. The number of hydrogen-bond acceptors (Lipinski definition) is 8. The van der Waals surface area contributed by atoms with Crippen LogP contribution in [0.15, 0.2) is 34.2 Å². The summed E-state index contributed by atoms with van der Waals surface area (Å²) < 4.78 is 22.6. The number of ether oxygens (including phenoxy) is 3. The molecule has 2 saturated carbocycles. The van der Waals surface area contributed by atoms with E-state index in [2.05, 4.69) is 6.92 Å². The van der Waals surface area contributed by atoms with Gasteiger partial charge in [-0.1, -0.05) is 47.1 Å². The number of carbonyl (C=O) groups excluding carboxylic acids is 4. The van der Waals surface area contributed by atoms with E-state index in [0.29, 0.717) is 12.8 Å². The third kappa shape index (κ3) is 4.07. The van der Waals surface area contributed by atoms with Crippen LogP contribution in [0.2, 0.25) is 0 Å². The van der Waals surface area contributed by atoms with Crippen LogP contribution in [0.5, 0.6) is 0 Å². The lowest BCUT2D eigenvalue weighted by Gasteiger charge is -2.63. The maximum atomic E-state index is 14.5. The van der Waals surface area contributed by atoms with E-state index in [1.54, 1.807) is 12.5 Å². The fourth-order valence-corrected chi connectivity index (χ4v) is 8.60. The zero-order chi connectivity index (χ0) is 29.2. The van der Waals surface area contributed by atoms with Gasteiger partial charge in [0, 0.05) is 28.2 Å². The van der Waals surface area contributed by atoms with Crippen molar-refractivity contribution < 1.29 is 37.8 Å². The first-order valence-corrected chi connectivity index (χ1v) is 14.6. The fraction of sp³-hybridized carbons (Fsp3) is 0.688. The summed E-state index contributed by atoms with van der Waals surface area (Å²) in [6.07, 6.45) is 4.74. The van der Waals surface area contributed by atoms with Gasteiger partial charge in [0.2, 0.25) is 0 Å². The average molecular weight is 555 g/mol. The van der Waals surface area contributed by atoms with Crippen molar-refractivity contribution in [1.29, 1.82) is 0 Å². The molecule has 1 aliphatic heterocycles. The second-order valence-corrected chi connectivity index (χ2v) is 13.4. The minimum absolute atomic E-state index is 0.0467. The van der Waals surface area contributed by atoms with Crippen LogP contribution in [0.4, 0.5) is 0 Å². The highest BCUT2D eigenvalue weighted by Crippen LogP contribution is 2.68. The lowest BCUT2D eigenvalue weighted by atomic mass is 9.40. The zero-order valence-corrected chi connectivity index (χ0v) is 24.7. The van der Waals surface area contributed by atoms with Crippen molar-refractivity contribution in [3.05, 3.63) is 35.3 Å². The van der Waals surface area contributed by atoms with Crippen molar-refractivity contribution in [2.75, 3.05) is 7.11 Å². The summed E-state index contributed by atoms with van der Waals surface area (Å²) in [5, 5.41) is 0. The third-order valence-electron chi connectivity index (χ3n) is 11.1. The largest absolute Gasteiger partial charge is 0.472 e. The van der Waals surface area contributed by atoms with Crippen LogP contribution in [0, 0.1) is 39.9 Å². The zero-order valence-electron chi connectivity index (χ0n) is 24.7. The lowest BCUT2D eigenvalue weighted by molar-refractivity contribution is -0.200. The molecule has 1 aromatic heterocycles. The van der Waals surface area contributed by atoms with Crippen LogP contribution in [-0.2, 0) is 33.4 Å². The van der Waals surface area contributed by atoms with E-state index in [9.17, 15) is 19.2 Å². The summed E-state index contributed by atoms with van der Waals surface area (Å²) in [5.74, 6) is -2.39. The van der Waals surface area contributed by atoms with Gasteiger partial charge in [-0.25, -0.2) is 0 Å². The van der Waals surface area contributed by atoms with Gasteiger partial charge in [-0.3, -0.25) is 19.2 Å². The first kappa shape index (κ1) is 28.6. The van der Waals surface area contributed by atoms with Crippen molar-refractivity contribution in [2.45, 2.75) is 92.3 Å². The van der Waals surface area contributed by atoms with E-state index in [0.717, 1.165) is 29.6 Å². The molecule has 8 atom stereocenters. The molecule has 3 aliphatic carbocycles. The number of ketones is 1. The first-order chi connectivity index (χ1) is 18.8. The molecule has 218 valence electrons. The van der Waals surface area contributed by atoms with E-state index in [1.807, 2.05) is 40.7 Å². The molecule has 0 spiro atoms. The van der Waals surface area contributed by atoms with Crippen molar-refractivity contribution in [3.8, 4) is 0 Å². The van der Waals surface area contributed by atoms with Crippen molar-refractivity contribution in [3.63, 3.8) is 0 Å². The Morgan fingerprint density at radius 2 is 1.90 bits per heavy atom. The number of allylic oxidation sites excluding steroid dienone is 1. The van der Waals surface area contributed by atoms with E-state index in [-0.39, 0.29) is 48.4 Å².